The summed E-state index contributed by atoms with van der Waals surface area (Å²) in [5, 5.41) is 13.6. The maximum absolute atomic E-state index is 12.6. The molecule has 7 heteroatoms. The first-order valence-corrected chi connectivity index (χ1v) is 12.4. The predicted octanol–water partition coefficient (Wildman–Crippen LogP) is 7.20. The Labute approximate surface area is 226 Å². The van der Waals surface area contributed by atoms with Crippen molar-refractivity contribution >= 4 is 35.2 Å². The number of aryl methyl sites for hydroxylation is 1. The first-order chi connectivity index (χ1) is 17.9. The number of rotatable bonds is 8. The van der Waals surface area contributed by atoms with Crippen LogP contribution in [0.15, 0.2) is 84.4 Å². The SMILES string of the molecule is Cc1cc(/C=C(/C#N)C(=O)NCc2ccccc2)c(C)n1-c1ccc(OCc2ccc(Cl)cc2Cl)cc1. The van der Waals surface area contributed by atoms with Gasteiger partial charge in [0.15, 0.2) is 0 Å². The van der Waals surface area contributed by atoms with Crippen molar-refractivity contribution in [3.05, 3.63) is 123 Å². The molecule has 0 spiro atoms. The van der Waals surface area contributed by atoms with Crippen LogP contribution in [0.3, 0.4) is 0 Å². The molecule has 0 saturated carbocycles. The summed E-state index contributed by atoms with van der Waals surface area (Å²) >= 11 is 12.2. The van der Waals surface area contributed by atoms with E-state index < -0.39 is 5.91 Å². The van der Waals surface area contributed by atoms with Crippen molar-refractivity contribution in [3.8, 4) is 17.5 Å². The second kappa shape index (κ2) is 11.8. The molecular weight excluding hydrogens is 505 g/mol. The first-order valence-electron chi connectivity index (χ1n) is 11.7. The van der Waals surface area contributed by atoms with Crippen molar-refractivity contribution in [3.63, 3.8) is 0 Å². The lowest BCUT2D eigenvalue weighted by molar-refractivity contribution is -0.117. The third-order valence-corrected chi connectivity index (χ3v) is 6.52. The number of nitriles is 1. The minimum absolute atomic E-state index is 0.0563. The van der Waals surface area contributed by atoms with E-state index in [-0.39, 0.29) is 5.57 Å². The Kier molecular flexibility index (Phi) is 8.35. The summed E-state index contributed by atoms with van der Waals surface area (Å²) in [6.07, 6.45) is 1.63. The van der Waals surface area contributed by atoms with Gasteiger partial charge in [-0.3, -0.25) is 4.79 Å². The summed E-state index contributed by atoms with van der Waals surface area (Å²) in [5.41, 5.74) is 5.52. The quantitative estimate of drug-likeness (QED) is 0.194. The third kappa shape index (κ3) is 6.42. The Hall–Kier alpha value is -3.98. The van der Waals surface area contributed by atoms with Crippen LogP contribution in [-0.2, 0) is 17.9 Å². The summed E-state index contributed by atoms with van der Waals surface area (Å²) in [5.74, 6) is 0.303. The van der Waals surface area contributed by atoms with Crippen LogP contribution in [0.25, 0.3) is 11.8 Å². The maximum atomic E-state index is 12.6. The molecule has 0 fully saturated rings. The van der Waals surface area contributed by atoms with Gasteiger partial charge in [0.05, 0.1) is 0 Å². The number of halogens is 2. The van der Waals surface area contributed by atoms with Crippen LogP contribution in [0.4, 0.5) is 0 Å². The molecule has 0 saturated heterocycles. The van der Waals surface area contributed by atoms with Gasteiger partial charge >= 0.3 is 0 Å². The number of nitrogens with zero attached hydrogens (tertiary/aromatic N) is 2. The smallest absolute Gasteiger partial charge is 0.262 e. The number of amides is 1. The third-order valence-electron chi connectivity index (χ3n) is 5.94. The number of carbonyl (C=O) groups excluding carboxylic acids is 1. The van der Waals surface area contributed by atoms with Crippen LogP contribution in [0.1, 0.15) is 28.1 Å². The highest BCUT2D eigenvalue weighted by Gasteiger charge is 2.14. The zero-order valence-electron chi connectivity index (χ0n) is 20.5. The average Bonchev–Trinajstić information content (AvgIpc) is 3.18. The molecule has 186 valence electrons. The molecule has 3 aromatic carbocycles. The second-order valence-corrected chi connectivity index (χ2v) is 9.36. The van der Waals surface area contributed by atoms with Crippen LogP contribution in [0.2, 0.25) is 10.0 Å². The van der Waals surface area contributed by atoms with Crippen LogP contribution >= 0.6 is 23.2 Å². The molecule has 4 aromatic rings. The van der Waals surface area contributed by atoms with Gasteiger partial charge in [0.1, 0.15) is 24.0 Å². The van der Waals surface area contributed by atoms with Crippen LogP contribution < -0.4 is 10.1 Å². The number of aromatic nitrogens is 1. The number of carbonyl (C=O) groups is 1. The van der Waals surface area contributed by atoms with E-state index in [0.717, 1.165) is 33.8 Å². The van der Waals surface area contributed by atoms with E-state index in [4.69, 9.17) is 27.9 Å². The van der Waals surface area contributed by atoms with Gasteiger partial charge in [-0.1, -0.05) is 59.6 Å². The molecule has 4 rings (SSSR count). The fraction of sp³-hybridized carbons (Fsp3) is 0.133. The minimum atomic E-state index is -0.404. The summed E-state index contributed by atoms with van der Waals surface area (Å²) in [7, 11) is 0. The van der Waals surface area contributed by atoms with E-state index in [9.17, 15) is 10.1 Å². The lowest BCUT2D eigenvalue weighted by Crippen LogP contribution is -2.23. The zero-order chi connectivity index (χ0) is 26.4. The Bertz CT molecular complexity index is 1480. The standard InChI is InChI=1S/C30H25Cl2N3O2/c1-20-14-24(15-25(17-33)30(36)34-18-22-6-4-3-5-7-22)21(2)35(20)27-10-12-28(13-11-27)37-19-23-8-9-26(31)16-29(23)32/h3-16H,18-19H2,1-2H3,(H,34,36)/b25-15-. The fourth-order valence-corrected chi connectivity index (χ4v) is 4.46. The van der Waals surface area contributed by atoms with Gasteiger partial charge < -0.3 is 14.6 Å². The van der Waals surface area contributed by atoms with Crippen molar-refractivity contribution in [2.75, 3.05) is 0 Å². The number of hydrogen-bond donors (Lipinski definition) is 1. The zero-order valence-corrected chi connectivity index (χ0v) is 22.0. The molecule has 0 aliphatic heterocycles. The molecule has 1 aromatic heterocycles. The van der Waals surface area contributed by atoms with E-state index in [0.29, 0.717) is 28.9 Å². The van der Waals surface area contributed by atoms with Crippen molar-refractivity contribution < 1.29 is 9.53 Å². The molecule has 5 nitrogen and oxygen atoms in total. The van der Waals surface area contributed by atoms with Crippen molar-refractivity contribution in [2.24, 2.45) is 0 Å². The lowest BCUT2D eigenvalue weighted by atomic mass is 10.1. The molecule has 1 N–H and O–H groups in total. The highest BCUT2D eigenvalue weighted by Crippen LogP contribution is 2.26. The van der Waals surface area contributed by atoms with Crippen molar-refractivity contribution in [2.45, 2.75) is 27.0 Å². The van der Waals surface area contributed by atoms with Gasteiger partial charge in [0.25, 0.3) is 5.91 Å². The van der Waals surface area contributed by atoms with E-state index >= 15 is 0 Å². The van der Waals surface area contributed by atoms with Gasteiger partial charge in [-0.2, -0.15) is 5.26 Å². The molecule has 0 unspecified atom stereocenters. The normalized spacial score (nSPS) is 11.2. The van der Waals surface area contributed by atoms with Gasteiger partial charge in [0.2, 0.25) is 0 Å². The van der Waals surface area contributed by atoms with Gasteiger partial charge in [0, 0.05) is 39.2 Å². The number of hydrogen-bond acceptors (Lipinski definition) is 3. The molecule has 0 atom stereocenters. The summed E-state index contributed by atoms with van der Waals surface area (Å²) in [6.45, 7) is 4.63. The maximum Gasteiger partial charge on any atom is 0.262 e. The number of benzene rings is 3. The highest BCUT2D eigenvalue weighted by atomic mass is 35.5. The Morgan fingerprint density at radius 3 is 2.43 bits per heavy atom. The summed E-state index contributed by atoms with van der Waals surface area (Å²) < 4.78 is 7.96. The Balaban J connectivity index is 1.47. The molecule has 1 amide bonds. The molecule has 0 radical (unpaired) electrons. The number of nitrogens with one attached hydrogen (secondary N) is 1. The van der Waals surface area contributed by atoms with Crippen LogP contribution in [0, 0.1) is 25.2 Å². The van der Waals surface area contributed by atoms with E-state index in [1.54, 1.807) is 18.2 Å². The average molecular weight is 530 g/mol. The molecule has 0 aliphatic rings. The Morgan fingerprint density at radius 1 is 1.03 bits per heavy atom. The first kappa shape index (κ1) is 26.1. The highest BCUT2D eigenvalue weighted by molar-refractivity contribution is 6.35. The molecule has 0 aliphatic carbocycles. The topological polar surface area (TPSA) is 67.0 Å². The van der Waals surface area contributed by atoms with E-state index in [1.807, 2.05) is 86.6 Å². The van der Waals surface area contributed by atoms with Gasteiger partial charge in [-0.15, -0.1) is 0 Å². The van der Waals surface area contributed by atoms with Crippen LogP contribution in [0.5, 0.6) is 5.75 Å². The number of ether oxygens (including phenoxy) is 1. The minimum Gasteiger partial charge on any atom is -0.489 e. The van der Waals surface area contributed by atoms with Crippen LogP contribution in [-0.4, -0.2) is 10.5 Å². The van der Waals surface area contributed by atoms with Crippen molar-refractivity contribution in [1.82, 2.24) is 9.88 Å². The predicted molar refractivity (Wildman–Crippen MR) is 148 cm³/mol. The second-order valence-electron chi connectivity index (χ2n) is 8.52. The lowest BCUT2D eigenvalue weighted by Gasteiger charge is -2.12. The van der Waals surface area contributed by atoms with E-state index in [2.05, 4.69) is 9.88 Å². The molecule has 1 heterocycles. The fourth-order valence-electron chi connectivity index (χ4n) is 4.00. The molecular formula is C30H25Cl2N3O2. The van der Waals surface area contributed by atoms with Gasteiger partial charge in [-0.05, 0) is 73.5 Å². The van der Waals surface area contributed by atoms with Crippen molar-refractivity contribution in [1.29, 1.82) is 5.26 Å². The monoisotopic (exact) mass is 529 g/mol. The Morgan fingerprint density at radius 2 is 1.76 bits per heavy atom. The molecule has 0 bridgehead atoms. The van der Waals surface area contributed by atoms with Gasteiger partial charge in [-0.25, -0.2) is 0 Å². The van der Waals surface area contributed by atoms with E-state index in [1.165, 1.54) is 0 Å². The largest absolute Gasteiger partial charge is 0.489 e. The molecule has 37 heavy (non-hydrogen) atoms. The summed E-state index contributed by atoms with van der Waals surface area (Å²) in [6, 6.07) is 26.6. The summed E-state index contributed by atoms with van der Waals surface area (Å²) in [4.78, 5) is 12.6.